The lowest BCUT2D eigenvalue weighted by Gasteiger charge is -2.17. The predicted molar refractivity (Wildman–Crippen MR) is 52.2 cm³/mol. The molecule has 1 atom stereocenters. The maximum Gasteiger partial charge on any atom is 0.281 e. The fourth-order valence-corrected chi connectivity index (χ4v) is 3.49. The van der Waals surface area contributed by atoms with Gasteiger partial charge in [0.25, 0.3) is 10.0 Å². The number of nitrogens with zero attached hydrogens (tertiary/aromatic N) is 1. The topological polar surface area (TPSA) is 81.7 Å². The van der Waals surface area contributed by atoms with Gasteiger partial charge in [0.05, 0.1) is 0 Å². The van der Waals surface area contributed by atoms with Gasteiger partial charge in [0, 0.05) is 6.20 Å². The van der Waals surface area contributed by atoms with Crippen molar-refractivity contribution < 1.29 is 13.6 Å². The molecule has 9 heteroatoms. The van der Waals surface area contributed by atoms with Crippen molar-refractivity contribution in [1.82, 2.24) is 15.1 Å². The van der Waals surface area contributed by atoms with Crippen LogP contribution in [0.25, 0.3) is 0 Å². The minimum Gasteiger partial charge on any atom is -0.344 e. The quantitative estimate of drug-likeness (QED) is 0.479. The van der Waals surface area contributed by atoms with E-state index in [2.05, 4.69) is 5.32 Å². The standard InChI is InChI=1S/C5H6ClN3O3S2/c6-3-4(14(11,12)8-10)9-1-2-13-5(9)7-3/h1-2,5,7-8,10H. The summed E-state index contributed by atoms with van der Waals surface area (Å²) in [7, 11) is -3.95. The van der Waals surface area contributed by atoms with Crippen LogP contribution in [0.5, 0.6) is 0 Å². The Kier molecular flexibility index (Phi) is 2.40. The molecule has 78 valence electrons. The van der Waals surface area contributed by atoms with Gasteiger partial charge in [-0.2, -0.15) is 0 Å². The van der Waals surface area contributed by atoms with Crippen LogP contribution < -0.4 is 10.2 Å². The lowest BCUT2D eigenvalue weighted by Crippen LogP contribution is -2.32. The van der Waals surface area contributed by atoms with E-state index in [1.54, 1.807) is 11.6 Å². The number of fused-ring (bicyclic) bond motifs is 1. The maximum absolute atomic E-state index is 11.3. The molecule has 0 saturated carbocycles. The van der Waals surface area contributed by atoms with Crippen LogP contribution in [0.2, 0.25) is 0 Å². The summed E-state index contributed by atoms with van der Waals surface area (Å²) in [6.07, 6.45) is 1.57. The van der Waals surface area contributed by atoms with Crippen LogP contribution in [0.1, 0.15) is 0 Å². The van der Waals surface area contributed by atoms with E-state index < -0.39 is 10.0 Å². The van der Waals surface area contributed by atoms with Gasteiger partial charge in [0.2, 0.25) is 0 Å². The molecular weight excluding hydrogens is 250 g/mol. The summed E-state index contributed by atoms with van der Waals surface area (Å²) in [6, 6.07) is 0. The fourth-order valence-electron chi connectivity index (χ4n) is 1.18. The first kappa shape index (κ1) is 10.1. The monoisotopic (exact) mass is 255 g/mol. The highest BCUT2D eigenvalue weighted by molar-refractivity contribution is 8.03. The van der Waals surface area contributed by atoms with Crippen LogP contribution >= 0.6 is 23.4 Å². The average molecular weight is 256 g/mol. The van der Waals surface area contributed by atoms with Gasteiger partial charge in [-0.05, 0) is 5.41 Å². The molecule has 14 heavy (non-hydrogen) atoms. The second-order valence-corrected chi connectivity index (χ2v) is 5.48. The summed E-state index contributed by atoms with van der Waals surface area (Å²) in [5, 5.41) is 12.8. The van der Waals surface area contributed by atoms with Gasteiger partial charge in [0.15, 0.2) is 10.5 Å². The third-order valence-corrected chi connectivity index (χ3v) is 4.17. The summed E-state index contributed by atoms with van der Waals surface area (Å²) in [4.78, 5) is 2.65. The molecule has 0 bridgehead atoms. The molecule has 0 aromatic heterocycles. The van der Waals surface area contributed by atoms with Crippen LogP contribution in [0.3, 0.4) is 0 Å². The first-order valence-corrected chi connectivity index (χ1v) is 6.29. The molecule has 0 amide bonds. The van der Waals surface area contributed by atoms with Crippen molar-refractivity contribution in [3.63, 3.8) is 0 Å². The van der Waals surface area contributed by atoms with Crippen molar-refractivity contribution in [3.05, 3.63) is 21.8 Å². The highest BCUT2D eigenvalue weighted by Crippen LogP contribution is 2.36. The normalized spacial score (nSPS) is 25.6. The maximum atomic E-state index is 11.3. The zero-order valence-electron chi connectivity index (χ0n) is 6.64. The molecule has 0 aromatic rings. The third-order valence-electron chi connectivity index (χ3n) is 1.73. The van der Waals surface area contributed by atoms with E-state index in [-0.39, 0.29) is 15.7 Å². The second-order valence-electron chi connectivity index (χ2n) is 2.54. The lowest BCUT2D eigenvalue weighted by atomic mass is 10.8. The highest BCUT2D eigenvalue weighted by atomic mass is 35.5. The van der Waals surface area contributed by atoms with Crippen molar-refractivity contribution in [1.29, 1.82) is 0 Å². The molecule has 0 fully saturated rings. The summed E-state index contributed by atoms with van der Waals surface area (Å²) >= 11 is 7.07. The summed E-state index contributed by atoms with van der Waals surface area (Å²) in [5.74, 6) is 0. The molecule has 0 aromatic carbocycles. The minimum absolute atomic E-state index is 0.00611. The first-order valence-electron chi connectivity index (χ1n) is 3.49. The third kappa shape index (κ3) is 1.39. The smallest absolute Gasteiger partial charge is 0.281 e. The van der Waals surface area contributed by atoms with Crippen LogP contribution in [-0.4, -0.2) is 24.0 Å². The SMILES string of the molecule is O=S(=O)(NO)C1=C(Cl)NC2SC=CN12. The number of rotatable bonds is 2. The molecule has 0 aliphatic carbocycles. The molecule has 2 aliphatic heterocycles. The number of halogens is 1. The zero-order valence-corrected chi connectivity index (χ0v) is 9.03. The molecule has 6 nitrogen and oxygen atoms in total. The summed E-state index contributed by atoms with van der Waals surface area (Å²) in [5.41, 5.74) is -0.249. The molecule has 3 N–H and O–H groups in total. The van der Waals surface area contributed by atoms with Gasteiger partial charge in [-0.15, -0.1) is 0 Å². The van der Waals surface area contributed by atoms with Crippen LogP contribution in [0, 0.1) is 0 Å². The number of sulfonamides is 1. The Balaban J connectivity index is 2.43. The van der Waals surface area contributed by atoms with Crippen LogP contribution in [0.4, 0.5) is 0 Å². The van der Waals surface area contributed by atoms with Crippen LogP contribution in [-0.2, 0) is 10.0 Å². The molecule has 0 spiro atoms. The number of hydrogen-bond donors (Lipinski definition) is 3. The van der Waals surface area contributed by atoms with Crippen molar-refractivity contribution in [2.24, 2.45) is 0 Å². The Bertz CT molecular complexity index is 418. The summed E-state index contributed by atoms with van der Waals surface area (Å²) < 4.78 is 22.7. The van der Waals surface area contributed by atoms with Gasteiger partial charge >= 0.3 is 0 Å². The van der Waals surface area contributed by atoms with Gasteiger partial charge < -0.3 is 15.4 Å². The van der Waals surface area contributed by atoms with Gasteiger partial charge in [-0.25, -0.2) is 8.42 Å². The van der Waals surface area contributed by atoms with Gasteiger partial charge in [-0.3, -0.25) is 0 Å². The Morgan fingerprint density at radius 3 is 3.07 bits per heavy atom. The molecule has 1 unspecified atom stereocenters. The van der Waals surface area contributed by atoms with E-state index in [0.29, 0.717) is 0 Å². The Morgan fingerprint density at radius 1 is 1.71 bits per heavy atom. The highest BCUT2D eigenvalue weighted by Gasteiger charge is 2.39. The zero-order chi connectivity index (χ0) is 10.3. The van der Waals surface area contributed by atoms with Gasteiger partial charge in [0.1, 0.15) is 5.16 Å². The Hall–Kier alpha value is -0.410. The molecule has 2 rings (SSSR count). The van der Waals surface area contributed by atoms with Crippen molar-refractivity contribution >= 4 is 33.4 Å². The predicted octanol–water partition coefficient (Wildman–Crippen LogP) is 0.0672. The van der Waals surface area contributed by atoms with E-state index in [1.165, 1.54) is 21.5 Å². The largest absolute Gasteiger partial charge is 0.344 e. The fraction of sp³-hybridized carbons (Fsp3) is 0.200. The van der Waals surface area contributed by atoms with Gasteiger partial charge in [-0.1, -0.05) is 28.2 Å². The number of hydrogen-bond acceptors (Lipinski definition) is 6. The molecular formula is C5H6ClN3O3S2. The van der Waals surface area contributed by atoms with E-state index in [9.17, 15) is 8.42 Å². The first-order chi connectivity index (χ1) is 6.56. The number of nitrogens with one attached hydrogen (secondary N) is 2. The minimum atomic E-state index is -3.95. The van der Waals surface area contributed by atoms with E-state index in [4.69, 9.17) is 16.8 Å². The average Bonchev–Trinajstić information content (AvgIpc) is 2.62. The van der Waals surface area contributed by atoms with Crippen LogP contribution in [0.15, 0.2) is 21.8 Å². The molecule has 2 heterocycles. The lowest BCUT2D eigenvalue weighted by molar-refractivity contribution is 0.242. The van der Waals surface area contributed by atoms with E-state index in [0.717, 1.165) is 0 Å². The van der Waals surface area contributed by atoms with Crippen molar-refractivity contribution in [2.45, 2.75) is 5.50 Å². The molecule has 0 saturated heterocycles. The second kappa shape index (κ2) is 3.31. The molecule has 2 aliphatic rings. The number of thioether (sulfide) groups is 1. The molecule has 0 radical (unpaired) electrons. The van der Waals surface area contributed by atoms with Crippen molar-refractivity contribution in [3.8, 4) is 0 Å². The van der Waals surface area contributed by atoms with E-state index in [1.807, 2.05) is 0 Å². The van der Waals surface area contributed by atoms with Crippen molar-refractivity contribution in [2.75, 3.05) is 0 Å². The Morgan fingerprint density at radius 2 is 2.43 bits per heavy atom. The Labute approximate surface area is 89.6 Å². The summed E-state index contributed by atoms with van der Waals surface area (Å²) in [6.45, 7) is 0. The van der Waals surface area contributed by atoms with E-state index >= 15 is 0 Å².